The lowest BCUT2D eigenvalue weighted by Crippen LogP contribution is -2.31. The van der Waals surface area contributed by atoms with Gasteiger partial charge in [-0.1, -0.05) is 54.6 Å². The van der Waals surface area contributed by atoms with Gasteiger partial charge in [-0.3, -0.25) is 4.79 Å². The zero-order chi connectivity index (χ0) is 15.1. The number of hydrogen-bond donors (Lipinski definition) is 1. The van der Waals surface area contributed by atoms with E-state index in [1.165, 1.54) is 0 Å². The zero-order valence-electron chi connectivity index (χ0n) is 12.2. The van der Waals surface area contributed by atoms with Crippen LogP contribution in [0.15, 0.2) is 60.7 Å². The van der Waals surface area contributed by atoms with Crippen LogP contribution in [0.4, 0.5) is 0 Å². The van der Waals surface area contributed by atoms with Gasteiger partial charge in [0.25, 0.3) is 5.91 Å². The van der Waals surface area contributed by atoms with Crippen molar-refractivity contribution in [1.82, 2.24) is 5.32 Å². The zero-order valence-corrected chi connectivity index (χ0v) is 12.2. The van der Waals surface area contributed by atoms with Gasteiger partial charge in [0.1, 0.15) is 5.75 Å². The molecule has 1 atom stereocenters. The topological polar surface area (TPSA) is 38.3 Å². The first-order chi connectivity index (χ1) is 10.2. The number of ether oxygens (including phenoxy) is 1. The molecule has 3 nitrogen and oxygen atoms in total. The lowest BCUT2D eigenvalue weighted by molar-refractivity contribution is 0.0944. The monoisotopic (exact) mass is 281 g/mol. The Bertz CT molecular complexity index is 620. The number of hydrogen-bond acceptors (Lipinski definition) is 2. The second-order valence-electron chi connectivity index (χ2n) is 4.73. The van der Waals surface area contributed by atoms with Crippen molar-refractivity contribution in [3.05, 3.63) is 71.8 Å². The Labute approximate surface area is 125 Å². The van der Waals surface area contributed by atoms with Crippen molar-refractivity contribution in [3.63, 3.8) is 0 Å². The minimum atomic E-state index is -0.141. The van der Waals surface area contributed by atoms with Crippen molar-refractivity contribution >= 4 is 12.0 Å². The highest BCUT2D eigenvalue weighted by molar-refractivity contribution is 5.97. The van der Waals surface area contributed by atoms with Gasteiger partial charge in [0.15, 0.2) is 0 Å². The van der Waals surface area contributed by atoms with Crippen molar-refractivity contribution in [2.24, 2.45) is 0 Å². The molecular formula is C18H19NO2. The van der Waals surface area contributed by atoms with E-state index in [0.29, 0.717) is 11.3 Å². The Balaban J connectivity index is 2.01. The molecule has 2 rings (SSSR count). The maximum Gasteiger partial charge on any atom is 0.255 e. The number of benzene rings is 2. The van der Waals surface area contributed by atoms with Crippen LogP contribution in [0, 0.1) is 0 Å². The first-order valence-electron chi connectivity index (χ1n) is 6.88. The van der Waals surface area contributed by atoms with Gasteiger partial charge < -0.3 is 10.1 Å². The number of carbonyl (C=O) groups excluding carboxylic acids is 1. The van der Waals surface area contributed by atoms with Gasteiger partial charge in [0, 0.05) is 6.04 Å². The molecule has 0 fully saturated rings. The van der Waals surface area contributed by atoms with Crippen LogP contribution in [0.2, 0.25) is 0 Å². The number of rotatable bonds is 5. The summed E-state index contributed by atoms with van der Waals surface area (Å²) >= 11 is 0. The van der Waals surface area contributed by atoms with Crippen molar-refractivity contribution in [2.75, 3.05) is 7.11 Å². The van der Waals surface area contributed by atoms with Crippen molar-refractivity contribution < 1.29 is 9.53 Å². The Morgan fingerprint density at radius 3 is 2.48 bits per heavy atom. The average Bonchev–Trinajstić information content (AvgIpc) is 2.53. The molecule has 2 aromatic rings. The molecule has 0 aliphatic rings. The van der Waals surface area contributed by atoms with Crippen molar-refractivity contribution in [1.29, 1.82) is 0 Å². The van der Waals surface area contributed by atoms with E-state index in [4.69, 9.17) is 4.74 Å². The predicted molar refractivity (Wildman–Crippen MR) is 85.4 cm³/mol. The summed E-state index contributed by atoms with van der Waals surface area (Å²) in [5, 5.41) is 2.94. The number of methoxy groups -OCH3 is 1. The summed E-state index contributed by atoms with van der Waals surface area (Å²) in [7, 11) is 1.56. The summed E-state index contributed by atoms with van der Waals surface area (Å²) in [6, 6.07) is 17.1. The summed E-state index contributed by atoms with van der Waals surface area (Å²) in [6.45, 7) is 1.94. The van der Waals surface area contributed by atoms with Gasteiger partial charge in [-0.15, -0.1) is 0 Å². The lowest BCUT2D eigenvalue weighted by Gasteiger charge is -2.12. The first kappa shape index (κ1) is 14.9. The molecular weight excluding hydrogens is 262 g/mol. The first-order valence-corrected chi connectivity index (χ1v) is 6.88. The average molecular weight is 281 g/mol. The highest BCUT2D eigenvalue weighted by Gasteiger charge is 2.12. The molecule has 3 heteroatoms. The van der Waals surface area contributed by atoms with E-state index in [2.05, 4.69) is 5.32 Å². The van der Waals surface area contributed by atoms with Crippen LogP contribution in [0.1, 0.15) is 22.8 Å². The molecule has 0 aliphatic heterocycles. The molecule has 108 valence electrons. The van der Waals surface area contributed by atoms with Gasteiger partial charge in [-0.2, -0.15) is 0 Å². The van der Waals surface area contributed by atoms with E-state index in [-0.39, 0.29) is 11.9 Å². The molecule has 0 radical (unpaired) electrons. The highest BCUT2D eigenvalue weighted by atomic mass is 16.5. The molecule has 0 unspecified atom stereocenters. The van der Waals surface area contributed by atoms with Crippen LogP contribution in [-0.4, -0.2) is 19.1 Å². The van der Waals surface area contributed by atoms with Crippen LogP contribution in [0.3, 0.4) is 0 Å². The Morgan fingerprint density at radius 2 is 1.76 bits per heavy atom. The second kappa shape index (κ2) is 7.29. The van der Waals surface area contributed by atoms with E-state index in [1.54, 1.807) is 19.2 Å². The van der Waals surface area contributed by atoms with Gasteiger partial charge in [0.05, 0.1) is 12.7 Å². The van der Waals surface area contributed by atoms with E-state index >= 15 is 0 Å². The van der Waals surface area contributed by atoms with E-state index < -0.39 is 0 Å². The maximum absolute atomic E-state index is 12.2. The Morgan fingerprint density at radius 1 is 1.10 bits per heavy atom. The summed E-state index contributed by atoms with van der Waals surface area (Å²) < 4.78 is 5.20. The molecule has 0 saturated heterocycles. The number of carbonyl (C=O) groups is 1. The van der Waals surface area contributed by atoms with Crippen LogP contribution in [0.25, 0.3) is 6.08 Å². The van der Waals surface area contributed by atoms with E-state index in [9.17, 15) is 4.79 Å². The molecule has 0 bridgehead atoms. The standard InChI is InChI=1S/C18H19NO2/c1-14(12-13-15-8-4-3-5-9-15)19-18(20)16-10-6-7-11-17(16)21-2/h3-14H,1-2H3,(H,19,20)/b13-12+/t14-/m1/s1. The fraction of sp³-hybridized carbons (Fsp3) is 0.167. The van der Waals surface area contributed by atoms with Crippen molar-refractivity contribution in [3.8, 4) is 5.75 Å². The van der Waals surface area contributed by atoms with Gasteiger partial charge in [-0.05, 0) is 24.6 Å². The van der Waals surface area contributed by atoms with E-state index in [1.807, 2.05) is 61.5 Å². The molecule has 1 amide bonds. The molecule has 2 aromatic carbocycles. The second-order valence-corrected chi connectivity index (χ2v) is 4.73. The molecule has 0 aliphatic carbocycles. The number of para-hydroxylation sites is 1. The third kappa shape index (κ3) is 4.21. The SMILES string of the molecule is COc1ccccc1C(=O)N[C@H](C)/C=C/c1ccccc1. The fourth-order valence-corrected chi connectivity index (χ4v) is 1.98. The van der Waals surface area contributed by atoms with Crippen LogP contribution < -0.4 is 10.1 Å². The molecule has 0 spiro atoms. The summed E-state index contributed by atoms with van der Waals surface area (Å²) in [4.78, 5) is 12.2. The molecule has 1 N–H and O–H groups in total. The largest absolute Gasteiger partial charge is 0.496 e. The number of amides is 1. The third-order valence-corrected chi connectivity index (χ3v) is 3.09. The maximum atomic E-state index is 12.2. The van der Waals surface area contributed by atoms with Gasteiger partial charge >= 0.3 is 0 Å². The third-order valence-electron chi connectivity index (χ3n) is 3.09. The minimum absolute atomic E-state index is 0.0670. The van der Waals surface area contributed by atoms with Crippen LogP contribution in [-0.2, 0) is 0 Å². The minimum Gasteiger partial charge on any atom is -0.496 e. The molecule has 21 heavy (non-hydrogen) atoms. The molecule has 0 saturated carbocycles. The summed E-state index contributed by atoms with van der Waals surface area (Å²) in [5.41, 5.74) is 1.65. The molecule has 0 aromatic heterocycles. The van der Waals surface area contributed by atoms with Crippen LogP contribution in [0.5, 0.6) is 5.75 Å². The van der Waals surface area contributed by atoms with Gasteiger partial charge in [-0.25, -0.2) is 0 Å². The smallest absolute Gasteiger partial charge is 0.255 e. The Kier molecular flexibility index (Phi) is 5.16. The predicted octanol–water partition coefficient (Wildman–Crippen LogP) is 3.53. The number of nitrogens with one attached hydrogen (secondary N) is 1. The van der Waals surface area contributed by atoms with Crippen molar-refractivity contribution in [2.45, 2.75) is 13.0 Å². The fourth-order valence-electron chi connectivity index (χ4n) is 1.98. The van der Waals surface area contributed by atoms with Crippen LogP contribution >= 0.6 is 0 Å². The Hall–Kier alpha value is -2.55. The van der Waals surface area contributed by atoms with Gasteiger partial charge in [0.2, 0.25) is 0 Å². The highest BCUT2D eigenvalue weighted by Crippen LogP contribution is 2.17. The van der Waals surface area contributed by atoms with E-state index in [0.717, 1.165) is 5.56 Å². The normalized spacial score (nSPS) is 12.1. The summed E-state index contributed by atoms with van der Waals surface area (Å²) in [5.74, 6) is 0.437. The lowest BCUT2D eigenvalue weighted by atomic mass is 10.1. The quantitative estimate of drug-likeness (QED) is 0.910. The summed E-state index contributed by atoms with van der Waals surface area (Å²) in [6.07, 6.45) is 3.95. The molecule has 0 heterocycles.